The van der Waals surface area contributed by atoms with Crippen molar-refractivity contribution in [3.05, 3.63) is 29.8 Å². The SMILES string of the molecule is CC(=O)N1CCCC1C1CCCN1Cc1nc2c(F)cccc2[nH]1. The molecule has 1 aromatic carbocycles. The molecule has 5 nitrogen and oxygen atoms in total. The summed E-state index contributed by atoms with van der Waals surface area (Å²) in [7, 11) is 0. The summed E-state index contributed by atoms with van der Waals surface area (Å²) >= 11 is 0. The second-order valence-electron chi connectivity index (χ2n) is 6.92. The molecule has 2 unspecified atom stereocenters. The predicted octanol–water partition coefficient (Wildman–Crippen LogP) is 2.68. The van der Waals surface area contributed by atoms with E-state index in [4.69, 9.17) is 0 Å². The number of nitrogens with one attached hydrogen (secondary N) is 1. The Kier molecular flexibility index (Phi) is 4.00. The lowest BCUT2D eigenvalue weighted by molar-refractivity contribution is -0.130. The van der Waals surface area contributed by atoms with Crippen molar-refractivity contribution in [2.75, 3.05) is 13.1 Å². The summed E-state index contributed by atoms with van der Waals surface area (Å²) in [6, 6.07) is 5.68. The van der Waals surface area contributed by atoms with E-state index in [1.165, 1.54) is 6.07 Å². The first-order valence-electron chi connectivity index (χ1n) is 8.78. The van der Waals surface area contributed by atoms with Gasteiger partial charge in [0, 0.05) is 25.6 Å². The second kappa shape index (κ2) is 6.16. The summed E-state index contributed by atoms with van der Waals surface area (Å²) in [5.74, 6) is 0.691. The van der Waals surface area contributed by atoms with Crippen LogP contribution >= 0.6 is 0 Å². The number of aromatic amines is 1. The van der Waals surface area contributed by atoms with Crippen LogP contribution in [0.3, 0.4) is 0 Å². The van der Waals surface area contributed by atoms with E-state index in [2.05, 4.69) is 14.9 Å². The zero-order valence-corrected chi connectivity index (χ0v) is 14.0. The minimum atomic E-state index is -0.286. The smallest absolute Gasteiger partial charge is 0.219 e. The Morgan fingerprint density at radius 3 is 2.88 bits per heavy atom. The van der Waals surface area contributed by atoms with Crippen molar-refractivity contribution in [2.45, 2.75) is 51.2 Å². The molecule has 2 fully saturated rings. The van der Waals surface area contributed by atoms with Crippen LogP contribution in [0, 0.1) is 5.82 Å². The molecule has 0 bridgehead atoms. The number of aromatic nitrogens is 2. The Labute approximate surface area is 140 Å². The van der Waals surface area contributed by atoms with Crippen molar-refractivity contribution in [2.24, 2.45) is 0 Å². The minimum Gasteiger partial charge on any atom is -0.341 e. The molecule has 24 heavy (non-hydrogen) atoms. The third-order valence-electron chi connectivity index (χ3n) is 5.43. The number of H-pyrrole nitrogens is 1. The molecule has 1 amide bonds. The monoisotopic (exact) mass is 330 g/mol. The fourth-order valence-corrected chi connectivity index (χ4v) is 4.38. The van der Waals surface area contributed by atoms with Crippen molar-refractivity contribution in [1.82, 2.24) is 19.8 Å². The van der Waals surface area contributed by atoms with Crippen LogP contribution in [0.4, 0.5) is 4.39 Å². The molecule has 0 radical (unpaired) electrons. The number of benzene rings is 1. The van der Waals surface area contributed by atoms with Crippen LogP contribution in [0.25, 0.3) is 11.0 Å². The van der Waals surface area contributed by atoms with Gasteiger partial charge in [0.25, 0.3) is 0 Å². The zero-order chi connectivity index (χ0) is 16.7. The molecule has 1 N–H and O–H groups in total. The molecule has 1 aromatic heterocycles. The highest BCUT2D eigenvalue weighted by Gasteiger charge is 2.38. The first kappa shape index (κ1) is 15.6. The number of hydrogen-bond acceptors (Lipinski definition) is 3. The highest BCUT2D eigenvalue weighted by atomic mass is 19.1. The molecular weight excluding hydrogens is 307 g/mol. The third kappa shape index (κ3) is 2.69. The normalized spacial score (nSPS) is 25.0. The first-order valence-corrected chi connectivity index (χ1v) is 8.78. The van der Waals surface area contributed by atoms with Gasteiger partial charge in [-0.05, 0) is 44.4 Å². The van der Waals surface area contributed by atoms with Crippen LogP contribution in [0.15, 0.2) is 18.2 Å². The van der Waals surface area contributed by atoms with E-state index in [9.17, 15) is 9.18 Å². The lowest BCUT2D eigenvalue weighted by Gasteiger charge is -2.34. The van der Waals surface area contributed by atoms with Crippen molar-refractivity contribution < 1.29 is 9.18 Å². The molecule has 0 spiro atoms. The Bertz CT molecular complexity index is 759. The van der Waals surface area contributed by atoms with Crippen LogP contribution in [0.2, 0.25) is 0 Å². The fraction of sp³-hybridized carbons (Fsp3) is 0.556. The molecule has 128 valence electrons. The Hall–Kier alpha value is -1.95. The highest BCUT2D eigenvalue weighted by Crippen LogP contribution is 2.31. The van der Waals surface area contributed by atoms with Gasteiger partial charge in [-0.15, -0.1) is 0 Å². The van der Waals surface area contributed by atoms with Gasteiger partial charge < -0.3 is 9.88 Å². The van der Waals surface area contributed by atoms with Crippen molar-refractivity contribution in [1.29, 1.82) is 0 Å². The van der Waals surface area contributed by atoms with Crippen LogP contribution < -0.4 is 0 Å². The number of likely N-dealkylation sites (tertiary alicyclic amines) is 2. The maximum Gasteiger partial charge on any atom is 0.219 e. The maximum atomic E-state index is 13.8. The van der Waals surface area contributed by atoms with Gasteiger partial charge in [0.2, 0.25) is 5.91 Å². The molecule has 2 atom stereocenters. The number of halogens is 1. The number of imidazole rings is 1. The number of nitrogens with zero attached hydrogens (tertiary/aromatic N) is 3. The quantitative estimate of drug-likeness (QED) is 0.941. The van der Waals surface area contributed by atoms with E-state index in [0.717, 1.165) is 50.1 Å². The Morgan fingerprint density at radius 1 is 1.29 bits per heavy atom. The van der Waals surface area contributed by atoms with Gasteiger partial charge in [-0.3, -0.25) is 9.69 Å². The van der Waals surface area contributed by atoms with Gasteiger partial charge in [0.15, 0.2) is 5.82 Å². The summed E-state index contributed by atoms with van der Waals surface area (Å²) < 4.78 is 13.8. The van der Waals surface area contributed by atoms with E-state index in [1.807, 2.05) is 11.0 Å². The largest absolute Gasteiger partial charge is 0.341 e. The van der Waals surface area contributed by atoms with Crippen LogP contribution in [-0.2, 0) is 11.3 Å². The molecule has 4 rings (SSSR count). The van der Waals surface area contributed by atoms with E-state index >= 15 is 0 Å². The molecule has 2 aliphatic heterocycles. The van der Waals surface area contributed by atoms with Crippen molar-refractivity contribution in [3.8, 4) is 0 Å². The molecule has 0 saturated carbocycles. The third-order valence-corrected chi connectivity index (χ3v) is 5.43. The van der Waals surface area contributed by atoms with Crippen molar-refractivity contribution in [3.63, 3.8) is 0 Å². The Balaban J connectivity index is 1.54. The standard InChI is InChI=1S/C18H23FN4O/c1-12(24)23-10-4-8-16(23)15-7-3-9-22(15)11-17-20-14-6-2-5-13(19)18(14)21-17/h2,5-6,15-16H,3-4,7-11H2,1H3,(H,20,21). The van der Waals surface area contributed by atoms with E-state index in [0.29, 0.717) is 24.1 Å². The number of carbonyl (C=O) groups excluding carboxylic acids is 1. The summed E-state index contributed by atoms with van der Waals surface area (Å²) in [6.45, 7) is 4.23. The first-order chi connectivity index (χ1) is 11.6. The lowest BCUT2D eigenvalue weighted by Crippen LogP contribution is -2.47. The maximum absolute atomic E-state index is 13.8. The predicted molar refractivity (Wildman–Crippen MR) is 89.9 cm³/mol. The van der Waals surface area contributed by atoms with Crippen LogP contribution in [-0.4, -0.2) is 50.8 Å². The Morgan fingerprint density at radius 2 is 2.08 bits per heavy atom. The molecule has 2 saturated heterocycles. The van der Waals surface area contributed by atoms with Gasteiger partial charge in [0.05, 0.1) is 12.1 Å². The number of rotatable bonds is 3. The summed E-state index contributed by atoms with van der Waals surface area (Å²) in [4.78, 5) is 24.0. The second-order valence-corrected chi connectivity index (χ2v) is 6.92. The molecule has 2 aromatic rings. The fourth-order valence-electron chi connectivity index (χ4n) is 4.38. The van der Waals surface area contributed by atoms with Gasteiger partial charge in [0.1, 0.15) is 11.3 Å². The molecule has 0 aliphatic carbocycles. The number of carbonyl (C=O) groups is 1. The summed E-state index contributed by atoms with van der Waals surface area (Å²) in [5.41, 5.74) is 1.15. The number of amides is 1. The lowest BCUT2D eigenvalue weighted by atomic mass is 10.0. The molecule has 6 heteroatoms. The van der Waals surface area contributed by atoms with E-state index < -0.39 is 0 Å². The summed E-state index contributed by atoms with van der Waals surface area (Å²) in [5, 5.41) is 0. The van der Waals surface area contributed by atoms with Crippen LogP contribution in [0.1, 0.15) is 38.4 Å². The van der Waals surface area contributed by atoms with Crippen LogP contribution in [0.5, 0.6) is 0 Å². The van der Waals surface area contributed by atoms with Gasteiger partial charge >= 0.3 is 0 Å². The zero-order valence-electron chi connectivity index (χ0n) is 14.0. The van der Waals surface area contributed by atoms with E-state index in [-0.39, 0.29) is 11.7 Å². The minimum absolute atomic E-state index is 0.176. The van der Waals surface area contributed by atoms with Crippen molar-refractivity contribution >= 4 is 16.9 Å². The van der Waals surface area contributed by atoms with Gasteiger partial charge in [-0.25, -0.2) is 9.37 Å². The molecule has 3 heterocycles. The molecule has 2 aliphatic rings. The number of para-hydroxylation sites is 1. The summed E-state index contributed by atoms with van der Waals surface area (Å²) in [6.07, 6.45) is 4.42. The average Bonchev–Trinajstić information content (AvgIpc) is 3.25. The average molecular weight is 330 g/mol. The van der Waals surface area contributed by atoms with E-state index in [1.54, 1.807) is 13.0 Å². The highest BCUT2D eigenvalue weighted by molar-refractivity contribution is 5.75. The molecular formula is C18H23FN4O. The number of fused-ring (bicyclic) bond motifs is 1. The van der Waals surface area contributed by atoms with Gasteiger partial charge in [-0.1, -0.05) is 6.07 Å². The van der Waals surface area contributed by atoms with Gasteiger partial charge in [-0.2, -0.15) is 0 Å². The number of hydrogen-bond donors (Lipinski definition) is 1. The topological polar surface area (TPSA) is 52.2 Å².